The number of carbonyl (C=O) groups excluding carboxylic acids is 2. The zero-order valence-electron chi connectivity index (χ0n) is 20.4. The highest BCUT2D eigenvalue weighted by Crippen LogP contribution is 2.47. The van der Waals surface area contributed by atoms with E-state index in [-0.39, 0.29) is 18.9 Å². The first-order chi connectivity index (χ1) is 17.6. The monoisotopic (exact) mass is 503 g/mol. The molecule has 0 bridgehead atoms. The Hall–Kier alpha value is -3.52. The second-order valence-electron chi connectivity index (χ2n) is 8.94. The smallest absolute Gasteiger partial charge is 0.338 e. The molecule has 1 N–H and O–H groups in total. The number of hydrogen-bond acceptors (Lipinski definition) is 7. The summed E-state index contributed by atoms with van der Waals surface area (Å²) in [4.78, 5) is 33.2. The van der Waals surface area contributed by atoms with Crippen molar-refractivity contribution < 1.29 is 19.1 Å². The van der Waals surface area contributed by atoms with Gasteiger partial charge in [-0.15, -0.1) is 0 Å². The number of thioether (sulfide) groups is 1. The van der Waals surface area contributed by atoms with Crippen molar-refractivity contribution >= 4 is 34.5 Å². The number of fused-ring (bicyclic) bond motifs is 1. The number of benzene rings is 2. The SMILES string of the molecule is CCOC(=O)C1=C(c2ccccc2)N=C2SC=C(CC(=O)NCC3CC3)N2C1c1ccc(OC)cc1. The van der Waals surface area contributed by atoms with Crippen LogP contribution in [0.2, 0.25) is 0 Å². The van der Waals surface area contributed by atoms with Gasteiger partial charge >= 0.3 is 5.97 Å². The molecule has 186 valence electrons. The molecule has 8 heteroatoms. The van der Waals surface area contributed by atoms with Crippen LogP contribution in [0.15, 0.2) is 76.3 Å². The van der Waals surface area contributed by atoms with E-state index in [0.717, 1.165) is 27.7 Å². The summed E-state index contributed by atoms with van der Waals surface area (Å²) in [6, 6.07) is 16.8. The summed E-state index contributed by atoms with van der Waals surface area (Å²) in [6.45, 7) is 2.76. The lowest BCUT2D eigenvalue weighted by atomic mass is 9.91. The highest BCUT2D eigenvalue weighted by atomic mass is 32.2. The predicted molar refractivity (Wildman–Crippen MR) is 141 cm³/mol. The average molecular weight is 504 g/mol. The minimum absolute atomic E-state index is 0.0287. The second kappa shape index (κ2) is 10.6. The summed E-state index contributed by atoms with van der Waals surface area (Å²) in [5.74, 6) is 0.875. The molecule has 1 fully saturated rings. The number of ether oxygens (including phenoxy) is 2. The van der Waals surface area contributed by atoms with E-state index in [0.29, 0.717) is 23.7 Å². The molecular weight excluding hydrogens is 474 g/mol. The molecule has 36 heavy (non-hydrogen) atoms. The molecule has 7 nitrogen and oxygen atoms in total. The summed E-state index contributed by atoms with van der Waals surface area (Å²) >= 11 is 1.47. The molecule has 1 saturated carbocycles. The number of rotatable bonds is 9. The summed E-state index contributed by atoms with van der Waals surface area (Å²) < 4.78 is 10.9. The molecule has 2 aromatic carbocycles. The highest BCUT2D eigenvalue weighted by molar-refractivity contribution is 8.16. The van der Waals surface area contributed by atoms with Gasteiger partial charge in [-0.2, -0.15) is 0 Å². The molecule has 3 aliphatic rings. The molecule has 0 spiro atoms. The van der Waals surface area contributed by atoms with Crippen LogP contribution in [0, 0.1) is 5.92 Å². The fourth-order valence-corrected chi connectivity index (χ4v) is 5.32. The number of amidine groups is 1. The maximum atomic E-state index is 13.5. The standard InChI is InChI=1S/C28H29N3O4S/c1-3-35-27(33)24-25(19-7-5-4-6-8-19)30-28-31(26(24)20-11-13-22(34-2)14-12-20)21(17-36-28)15-23(32)29-16-18-9-10-18/h4-8,11-14,17-18,26H,3,9-10,15-16H2,1-2H3,(H,29,32). The number of nitrogens with zero attached hydrogens (tertiary/aromatic N) is 2. The van der Waals surface area contributed by atoms with Gasteiger partial charge in [0, 0.05) is 17.8 Å². The third-order valence-electron chi connectivity index (χ3n) is 6.41. The van der Waals surface area contributed by atoms with E-state index in [1.165, 1.54) is 24.6 Å². The zero-order chi connectivity index (χ0) is 25.1. The summed E-state index contributed by atoms with van der Waals surface area (Å²) in [6.07, 6.45) is 2.57. The molecule has 0 radical (unpaired) electrons. The molecule has 0 aromatic heterocycles. The van der Waals surface area contributed by atoms with Crippen molar-refractivity contribution in [3.05, 3.63) is 82.4 Å². The lowest BCUT2D eigenvalue weighted by molar-refractivity contribution is -0.139. The Kier molecular flexibility index (Phi) is 7.13. The zero-order valence-corrected chi connectivity index (χ0v) is 21.2. The molecule has 1 unspecified atom stereocenters. The maximum absolute atomic E-state index is 13.5. The van der Waals surface area contributed by atoms with Gasteiger partial charge < -0.3 is 19.7 Å². The van der Waals surface area contributed by atoms with Crippen molar-refractivity contribution in [1.29, 1.82) is 0 Å². The molecule has 2 aromatic rings. The third kappa shape index (κ3) is 5.04. The van der Waals surface area contributed by atoms with Gasteiger partial charge in [-0.25, -0.2) is 9.79 Å². The van der Waals surface area contributed by atoms with E-state index in [2.05, 4.69) is 5.32 Å². The van der Waals surface area contributed by atoms with Crippen molar-refractivity contribution in [1.82, 2.24) is 10.2 Å². The van der Waals surface area contributed by atoms with Crippen LogP contribution < -0.4 is 10.1 Å². The molecule has 5 rings (SSSR count). The van der Waals surface area contributed by atoms with E-state index < -0.39 is 12.0 Å². The first kappa shape index (κ1) is 24.2. The minimum Gasteiger partial charge on any atom is -0.497 e. The number of amides is 1. The largest absolute Gasteiger partial charge is 0.497 e. The Morgan fingerprint density at radius 2 is 1.86 bits per heavy atom. The van der Waals surface area contributed by atoms with Gasteiger partial charge in [-0.3, -0.25) is 4.79 Å². The van der Waals surface area contributed by atoms with Crippen molar-refractivity contribution in [3.63, 3.8) is 0 Å². The highest BCUT2D eigenvalue weighted by Gasteiger charge is 2.42. The number of nitrogens with one attached hydrogen (secondary N) is 1. The van der Waals surface area contributed by atoms with Crippen LogP contribution in [0.25, 0.3) is 5.70 Å². The van der Waals surface area contributed by atoms with Crippen LogP contribution in [0.1, 0.15) is 43.4 Å². The van der Waals surface area contributed by atoms with Crippen LogP contribution in [0.3, 0.4) is 0 Å². The Labute approximate surface area is 215 Å². The van der Waals surface area contributed by atoms with Gasteiger partial charge in [-0.05, 0) is 48.8 Å². The Balaban J connectivity index is 1.58. The van der Waals surface area contributed by atoms with Gasteiger partial charge in [0.25, 0.3) is 0 Å². The lowest BCUT2D eigenvalue weighted by Gasteiger charge is -2.36. The fourth-order valence-electron chi connectivity index (χ4n) is 4.40. The van der Waals surface area contributed by atoms with Crippen molar-refractivity contribution in [2.75, 3.05) is 20.3 Å². The topological polar surface area (TPSA) is 80.2 Å². The normalized spacial score (nSPS) is 18.8. The van der Waals surface area contributed by atoms with Gasteiger partial charge in [-0.1, -0.05) is 54.2 Å². The molecule has 2 aliphatic heterocycles. The lowest BCUT2D eigenvalue weighted by Crippen LogP contribution is -2.38. The van der Waals surface area contributed by atoms with Crippen molar-refractivity contribution in [2.24, 2.45) is 10.9 Å². The molecule has 1 amide bonds. The Morgan fingerprint density at radius 1 is 1.11 bits per heavy atom. The third-order valence-corrected chi connectivity index (χ3v) is 7.30. The van der Waals surface area contributed by atoms with Gasteiger partial charge in [0.05, 0.1) is 37.4 Å². The Morgan fingerprint density at radius 3 is 2.53 bits per heavy atom. The van der Waals surface area contributed by atoms with E-state index in [1.54, 1.807) is 14.0 Å². The van der Waals surface area contributed by atoms with Gasteiger partial charge in [0.2, 0.25) is 5.91 Å². The summed E-state index contributed by atoms with van der Waals surface area (Å²) in [5, 5.41) is 5.74. The van der Waals surface area contributed by atoms with E-state index in [4.69, 9.17) is 14.5 Å². The molecule has 1 atom stereocenters. The number of aliphatic imine (C=N–C) groups is 1. The molecule has 2 heterocycles. The van der Waals surface area contributed by atoms with Gasteiger partial charge in [0.1, 0.15) is 5.75 Å². The summed E-state index contributed by atoms with van der Waals surface area (Å²) in [5.41, 5.74) is 3.56. The summed E-state index contributed by atoms with van der Waals surface area (Å²) in [7, 11) is 1.62. The van der Waals surface area contributed by atoms with Crippen LogP contribution in [-0.4, -0.2) is 42.2 Å². The van der Waals surface area contributed by atoms with Crippen molar-refractivity contribution in [3.8, 4) is 5.75 Å². The number of methoxy groups -OCH3 is 1. The quantitative estimate of drug-likeness (QED) is 0.491. The first-order valence-electron chi connectivity index (χ1n) is 12.2. The van der Waals surface area contributed by atoms with Crippen LogP contribution >= 0.6 is 11.8 Å². The number of esters is 1. The first-order valence-corrected chi connectivity index (χ1v) is 13.1. The van der Waals surface area contributed by atoms with Crippen molar-refractivity contribution in [2.45, 2.75) is 32.2 Å². The van der Waals surface area contributed by atoms with E-state index in [9.17, 15) is 9.59 Å². The Bertz CT molecular complexity index is 1230. The number of carbonyl (C=O) groups is 2. The maximum Gasteiger partial charge on any atom is 0.338 e. The molecule has 0 saturated heterocycles. The minimum atomic E-state index is -0.504. The van der Waals surface area contributed by atoms with Gasteiger partial charge in [0.15, 0.2) is 5.17 Å². The van der Waals surface area contributed by atoms with E-state index >= 15 is 0 Å². The van der Waals surface area contributed by atoms with Crippen LogP contribution in [-0.2, 0) is 14.3 Å². The fraction of sp³-hybridized carbons (Fsp3) is 0.321. The molecular formula is C28H29N3O4S. The predicted octanol–water partition coefficient (Wildman–Crippen LogP) is 4.89. The average Bonchev–Trinajstić information content (AvgIpc) is 3.66. The van der Waals surface area contributed by atoms with Crippen LogP contribution in [0.4, 0.5) is 0 Å². The molecule has 1 aliphatic carbocycles. The van der Waals surface area contributed by atoms with Crippen LogP contribution in [0.5, 0.6) is 5.75 Å². The number of hydrogen-bond donors (Lipinski definition) is 1. The second-order valence-corrected chi connectivity index (χ2v) is 9.78. The van der Waals surface area contributed by atoms with E-state index in [1.807, 2.05) is 64.9 Å².